The summed E-state index contributed by atoms with van der Waals surface area (Å²) in [7, 11) is 3.43. The van der Waals surface area contributed by atoms with Gasteiger partial charge < -0.3 is 4.57 Å². The Labute approximate surface area is 184 Å². The fourth-order valence-corrected chi connectivity index (χ4v) is 4.28. The van der Waals surface area contributed by atoms with Crippen molar-refractivity contribution in [2.24, 2.45) is 14.1 Å². The van der Waals surface area contributed by atoms with E-state index >= 15 is 0 Å². The van der Waals surface area contributed by atoms with Crippen LogP contribution in [0.4, 0.5) is 0 Å². The Morgan fingerprint density at radius 1 is 0.906 bits per heavy atom. The lowest BCUT2D eigenvalue weighted by Gasteiger charge is -2.11. The van der Waals surface area contributed by atoms with E-state index in [4.69, 9.17) is 0 Å². The number of fused-ring (bicyclic) bond motifs is 2. The van der Waals surface area contributed by atoms with Gasteiger partial charge >= 0.3 is 5.69 Å². The lowest BCUT2D eigenvalue weighted by Crippen LogP contribution is -2.39. The second-order valence-electron chi connectivity index (χ2n) is 8.22. The Morgan fingerprint density at radius 3 is 2.34 bits per heavy atom. The Bertz CT molecular complexity index is 1640. The van der Waals surface area contributed by atoms with Gasteiger partial charge in [0.25, 0.3) is 5.56 Å². The van der Waals surface area contributed by atoms with Gasteiger partial charge in [0, 0.05) is 19.8 Å². The van der Waals surface area contributed by atoms with Crippen LogP contribution in [-0.4, -0.2) is 28.5 Å². The van der Waals surface area contributed by atoms with Crippen molar-refractivity contribution >= 4 is 21.9 Å². The molecule has 32 heavy (non-hydrogen) atoms. The van der Waals surface area contributed by atoms with Crippen molar-refractivity contribution in [3.8, 4) is 5.95 Å². The van der Waals surface area contributed by atoms with Crippen LogP contribution >= 0.6 is 0 Å². The van der Waals surface area contributed by atoms with E-state index in [-0.39, 0.29) is 12.1 Å². The Hall–Kier alpha value is -3.94. The third-order valence-corrected chi connectivity index (χ3v) is 6.39. The van der Waals surface area contributed by atoms with Crippen LogP contribution in [0.2, 0.25) is 0 Å². The molecule has 0 atom stereocenters. The average molecular weight is 428 g/mol. The monoisotopic (exact) mass is 428 g/mol. The van der Waals surface area contributed by atoms with Crippen molar-refractivity contribution in [1.82, 2.24) is 28.5 Å². The molecule has 0 aliphatic heterocycles. The van der Waals surface area contributed by atoms with Crippen molar-refractivity contribution in [2.45, 2.75) is 27.3 Å². The van der Waals surface area contributed by atoms with Crippen LogP contribution in [0, 0.1) is 20.8 Å². The van der Waals surface area contributed by atoms with Crippen molar-refractivity contribution < 1.29 is 0 Å². The molecule has 5 rings (SSSR count). The molecule has 162 valence electrons. The van der Waals surface area contributed by atoms with Gasteiger partial charge in [0.2, 0.25) is 5.95 Å². The molecule has 2 aromatic carbocycles. The quantitative estimate of drug-likeness (QED) is 0.443. The van der Waals surface area contributed by atoms with Crippen LogP contribution < -0.4 is 11.2 Å². The van der Waals surface area contributed by atoms with Gasteiger partial charge in [-0.2, -0.15) is 10.1 Å². The van der Waals surface area contributed by atoms with Crippen LogP contribution in [0.15, 0.2) is 52.1 Å². The van der Waals surface area contributed by atoms with Gasteiger partial charge in [0.1, 0.15) is 0 Å². The minimum absolute atomic E-state index is 0.183. The molecular weight excluding hydrogens is 404 g/mol. The van der Waals surface area contributed by atoms with Gasteiger partial charge in [-0.1, -0.05) is 42.5 Å². The molecule has 8 heteroatoms. The molecule has 0 saturated carbocycles. The summed E-state index contributed by atoms with van der Waals surface area (Å²) < 4.78 is 6.16. The smallest absolute Gasteiger partial charge is 0.306 e. The van der Waals surface area contributed by atoms with Crippen LogP contribution in [0.25, 0.3) is 27.9 Å². The second kappa shape index (κ2) is 7.05. The normalized spacial score (nSPS) is 11.7. The highest BCUT2D eigenvalue weighted by atomic mass is 16.2. The van der Waals surface area contributed by atoms with Gasteiger partial charge in [-0.15, -0.1) is 0 Å². The maximum Gasteiger partial charge on any atom is 0.332 e. The summed E-state index contributed by atoms with van der Waals surface area (Å²) in [5.74, 6) is 0.503. The van der Waals surface area contributed by atoms with Crippen LogP contribution in [0.1, 0.15) is 22.5 Å². The molecule has 0 unspecified atom stereocenters. The summed E-state index contributed by atoms with van der Waals surface area (Å²) in [4.78, 5) is 31.3. The third kappa shape index (κ3) is 2.76. The number of aryl methyl sites for hydroxylation is 3. The molecule has 0 fully saturated rings. The van der Waals surface area contributed by atoms with Gasteiger partial charge in [0.15, 0.2) is 11.2 Å². The number of hydrogen-bond donors (Lipinski definition) is 0. The van der Waals surface area contributed by atoms with E-state index in [1.807, 2.05) is 63.2 Å². The number of benzene rings is 2. The summed E-state index contributed by atoms with van der Waals surface area (Å²) in [6.45, 7) is 6.09. The van der Waals surface area contributed by atoms with E-state index < -0.39 is 5.69 Å². The predicted octanol–water partition coefficient (Wildman–Crippen LogP) is 2.75. The number of hydrogen-bond acceptors (Lipinski definition) is 4. The molecule has 0 N–H and O–H groups in total. The topological polar surface area (TPSA) is 79.6 Å². The van der Waals surface area contributed by atoms with E-state index in [0.717, 1.165) is 33.3 Å². The number of rotatable bonds is 3. The largest absolute Gasteiger partial charge is 0.332 e. The highest BCUT2D eigenvalue weighted by Crippen LogP contribution is 2.20. The summed E-state index contributed by atoms with van der Waals surface area (Å²) in [6.07, 6.45) is 0. The van der Waals surface area contributed by atoms with Gasteiger partial charge in [-0.25, -0.2) is 9.48 Å². The minimum atomic E-state index is -0.398. The van der Waals surface area contributed by atoms with Crippen molar-refractivity contribution in [2.75, 3.05) is 0 Å². The summed E-state index contributed by atoms with van der Waals surface area (Å²) in [6, 6.07) is 13.9. The lowest BCUT2D eigenvalue weighted by molar-refractivity contribution is 0.657. The molecule has 0 saturated heterocycles. The first-order valence-electron chi connectivity index (χ1n) is 10.5. The average Bonchev–Trinajstić information content (AvgIpc) is 3.26. The number of aromatic nitrogens is 6. The lowest BCUT2D eigenvalue weighted by atomic mass is 10.0. The molecular formula is C24H24N6O2. The van der Waals surface area contributed by atoms with E-state index in [1.54, 1.807) is 23.3 Å². The van der Waals surface area contributed by atoms with Gasteiger partial charge in [-0.05, 0) is 42.7 Å². The summed E-state index contributed by atoms with van der Waals surface area (Å²) in [5.41, 5.74) is 3.78. The van der Waals surface area contributed by atoms with Crippen LogP contribution in [0.3, 0.4) is 0 Å². The molecule has 8 nitrogen and oxygen atoms in total. The van der Waals surface area contributed by atoms with E-state index in [2.05, 4.69) is 10.1 Å². The minimum Gasteiger partial charge on any atom is -0.306 e. The molecule has 0 aliphatic rings. The van der Waals surface area contributed by atoms with Gasteiger partial charge in [0.05, 0.1) is 12.2 Å². The molecule has 0 spiro atoms. The van der Waals surface area contributed by atoms with Gasteiger partial charge in [-0.3, -0.25) is 13.9 Å². The standard InChI is InChI=1S/C24H24N6O2/c1-14-15(2)26-30(16(14)3)23-25-21-20(27(23)4)22(31)29(24(32)28(21)5)13-18-11-8-10-17-9-6-7-12-19(17)18/h6-12H,13H2,1-5H3. The molecule has 0 aliphatic carbocycles. The molecule has 0 amide bonds. The maximum absolute atomic E-state index is 13.5. The van der Waals surface area contributed by atoms with Crippen LogP contribution in [0.5, 0.6) is 0 Å². The first kappa shape index (κ1) is 20.0. The Balaban J connectivity index is 1.75. The molecule has 3 aromatic heterocycles. The van der Waals surface area contributed by atoms with E-state index in [9.17, 15) is 9.59 Å². The zero-order valence-electron chi connectivity index (χ0n) is 18.7. The van der Waals surface area contributed by atoms with Crippen molar-refractivity contribution in [3.63, 3.8) is 0 Å². The third-order valence-electron chi connectivity index (χ3n) is 6.39. The van der Waals surface area contributed by atoms with E-state index in [0.29, 0.717) is 17.1 Å². The summed E-state index contributed by atoms with van der Waals surface area (Å²) in [5, 5.41) is 6.67. The first-order chi connectivity index (χ1) is 15.3. The highest BCUT2D eigenvalue weighted by molar-refractivity contribution is 5.85. The fraction of sp³-hybridized carbons (Fsp3) is 0.250. The Kier molecular flexibility index (Phi) is 4.40. The summed E-state index contributed by atoms with van der Waals surface area (Å²) >= 11 is 0. The molecule has 3 heterocycles. The maximum atomic E-state index is 13.5. The Morgan fingerprint density at radius 2 is 1.62 bits per heavy atom. The second-order valence-corrected chi connectivity index (χ2v) is 8.22. The van der Waals surface area contributed by atoms with Crippen LogP contribution in [-0.2, 0) is 20.6 Å². The highest BCUT2D eigenvalue weighted by Gasteiger charge is 2.22. The van der Waals surface area contributed by atoms with Crippen molar-refractivity contribution in [1.29, 1.82) is 0 Å². The molecule has 5 aromatic rings. The van der Waals surface area contributed by atoms with Crippen molar-refractivity contribution in [3.05, 3.63) is 85.8 Å². The van der Waals surface area contributed by atoms with E-state index in [1.165, 1.54) is 9.13 Å². The SMILES string of the molecule is Cc1nn(-c2nc3c(c(=O)n(Cc4cccc5ccccc45)c(=O)n3C)n2C)c(C)c1C. The zero-order valence-corrected chi connectivity index (χ0v) is 18.7. The number of nitrogens with zero attached hydrogens (tertiary/aromatic N) is 6. The fourth-order valence-electron chi connectivity index (χ4n) is 4.28. The predicted molar refractivity (Wildman–Crippen MR) is 125 cm³/mol. The first-order valence-corrected chi connectivity index (χ1v) is 10.5. The molecule has 0 radical (unpaired) electrons. The zero-order chi connectivity index (χ0) is 22.7. The molecule has 0 bridgehead atoms. The number of imidazole rings is 1.